The number of aliphatic hydroxyl groups is 2. The molecule has 2 heterocycles. The summed E-state index contributed by atoms with van der Waals surface area (Å²) in [4.78, 5) is 25.2. The predicted octanol–water partition coefficient (Wildman–Crippen LogP) is -0.716. The van der Waals surface area contributed by atoms with Crippen molar-refractivity contribution in [1.82, 2.24) is 9.55 Å². The van der Waals surface area contributed by atoms with E-state index < -0.39 is 36.3 Å². The van der Waals surface area contributed by atoms with E-state index in [9.17, 15) is 19.1 Å². The molecule has 7 nitrogen and oxygen atoms in total. The molecule has 0 unspecified atom stereocenters. The van der Waals surface area contributed by atoms with Crippen LogP contribution in [0.5, 0.6) is 0 Å². The van der Waals surface area contributed by atoms with Crippen molar-refractivity contribution in [2.75, 3.05) is 6.61 Å². The molecule has 20 heavy (non-hydrogen) atoms. The zero-order valence-corrected chi connectivity index (χ0v) is 10.3. The van der Waals surface area contributed by atoms with E-state index in [1.54, 1.807) is 0 Å². The monoisotopic (exact) mass is 284 g/mol. The van der Waals surface area contributed by atoms with Crippen molar-refractivity contribution in [3.63, 3.8) is 0 Å². The summed E-state index contributed by atoms with van der Waals surface area (Å²) in [5.74, 6) is 0. The van der Waals surface area contributed by atoms with Gasteiger partial charge >= 0.3 is 5.69 Å². The van der Waals surface area contributed by atoms with Crippen LogP contribution in [0.4, 0.5) is 4.39 Å². The van der Waals surface area contributed by atoms with Crippen molar-refractivity contribution in [3.8, 4) is 0 Å². The van der Waals surface area contributed by atoms with Gasteiger partial charge in [0.2, 0.25) is 0 Å². The highest BCUT2D eigenvalue weighted by atomic mass is 19.1. The van der Waals surface area contributed by atoms with Gasteiger partial charge in [-0.25, -0.2) is 9.18 Å². The molecular weight excluding hydrogens is 271 g/mol. The van der Waals surface area contributed by atoms with E-state index in [1.165, 1.54) is 0 Å². The fourth-order valence-corrected chi connectivity index (χ4v) is 1.96. The van der Waals surface area contributed by atoms with Gasteiger partial charge in [0.1, 0.15) is 12.2 Å². The van der Waals surface area contributed by atoms with Crippen LogP contribution in [0.25, 0.3) is 6.08 Å². The standard InChI is InChI=1S/C12H13FN2O5/c1-6-9(17)8(5-16)20-11(6)15-4-7(2-3-13)10(18)14-12(15)19/h2-4,8-9,11,16-17H,1,5H2,(H,14,18,19)/b3-2+/t8-,9+,11-/m1/s1. The van der Waals surface area contributed by atoms with E-state index in [-0.39, 0.29) is 17.5 Å². The molecule has 108 valence electrons. The Hall–Kier alpha value is -2.03. The van der Waals surface area contributed by atoms with E-state index >= 15 is 0 Å². The van der Waals surface area contributed by atoms with E-state index in [2.05, 4.69) is 6.58 Å². The van der Waals surface area contributed by atoms with E-state index in [1.807, 2.05) is 4.98 Å². The molecule has 1 fully saturated rings. The zero-order valence-electron chi connectivity index (χ0n) is 10.3. The van der Waals surface area contributed by atoms with Crippen LogP contribution in [0.15, 0.2) is 34.3 Å². The summed E-state index contributed by atoms with van der Waals surface area (Å²) in [6.45, 7) is 3.15. The zero-order chi connectivity index (χ0) is 14.9. The third-order valence-corrected chi connectivity index (χ3v) is 3.02. The number of aromatic nitrogens is 2. The highest BCUT2D eigenvalue weighted by molar-refractivity contribution is 5.45. The molecule has 0 radical (unpaired) electrons. The van der Waals surface area contributed by atoms with Crippen LogP contribution in [0.3, 0.4) is 0 Å². The number of hydrogen-bond acceptors (Lipinski definition) is 5. The molecule has 1 aromatic heterocycles. The molecule has 1 aliphatic rings. The van der Waals surface area contributed by atoms with Crippen LogP contribution >= 0.6 is 0 Å². The van der Waals surface area contributed by atoms with Gasteiger partial charge in [0, 0.05) is 11.8 Å². The van der Waals surface area contributed by atoms with Gasteiger partial charge in [-0.05, 0) is 6.08 Å². The highest BCUT2D eigenvalue weighted by Gasteiger charge is 2.38. The minimum Gasteiger partial charge on any atom is -0.394 e. The molecule has 0 aliphatic carbocycles. The highest BCUT2D eigenvalue weighted by Crippen LogP contribution is 2.31. The van der Waals surface area contributed by atoms with E-state index in [4.69, 9.17) is 9.84 Å². The van der Waals surface area contributed by atoms with Crippen molar-refractivity contribution >= 4 is 6.08 Å². The number of aliphatic hydroxyl groups excluding tert-OH is 2. The molecule has 2 rings (SSSR count). The minimum atomic E-state index is -1.14. The molecule has 0 spiro atoms. The maximum atomic E-state index is 12.2. The number of nitrogens with one attached hydrogen (secondary N) is 1. The van der Waals surface area contributed by atoms with Crippen molar-refractivity contribution < 1.29 is 19.3 Å². The number of nitrogens with zero attached hydrogens (tertiary/aromatic N) is 1. The predicted molar refractivity (Wildman–Crippen MR) is 67.6 cm³/mol. The topological polar surface area (TPSA) is 105 Å². The maximum absolute atomic E-state index is 12.2. The van der Waals surface area contributed by atoms with E-state index in [0.29, 0.717) is 0 Å². The van der Waals surface area contributed by atoms with Gasteiger partial charge in [-0.2, -0.15) is 0 Å². The van der Waals surface area contributed by atoms with Crippen LogP contribution in [-0.4, -0.2) is 38.6 Å². The lowest BCUT2D eigenvalue weighted by Gasteiger charge is -2.15. The first-order valence-corrected chi connectivity index (χ1v) is 5.75. The third kappa shape index (κ3) is 2.36. The fourth-order valence-electron chi connectivity index (χ4n) is 1.96. The lowest BCUT2D eigenvalue weighted by Crippen LogP contribution is -2.33. The summed E-state index contributed by atoms with van der Waals surface area (Å²) in [6.07, 6.45) is -0.949. The van der Waals surface area contributed by atoms with Crippen molar-refractivity contribution in [2.24, 2.45) is 0 Å². The third-order valence-electron chi connectivity index (χ3n) is 3.02. The second-order valence-electron chi connectivity index (χ2n) is 4.27. The number of hydrogen-bond donors (Lipinski definition) is 3. The van der Waals surface area contributed by atoms with Gasteiger partial charge < -0.3 is 14.9 Å². The van der Waals surface area contributed by atoms with Gasteiger partial charge in [-0.1, -0.05) is 6.58 Å². The first-order valence-electron chi connectivity index (χ1n) is 5.75. The molecule has 3 atom stereocenters. The molecular formula is C12H13FN2O5. The Labute approximate surface area is 112 Å². The Morgan fingerprint density at radius 3 is 2.80 bits per heavy atom. The Morgan fingerprint density at radius 1 is 1.55 bits per heavy atom. The van der Waals surface area contributed by atoms with Gasteiger partial charge in [0.15, 0.2) is 6.23 Å². The van der Waals surface area contributed by atoms with E-state index in [0.717, 1.165) is 16.8 Å². The SMILES string of the molecule is C=C1[C@H](n2cc(/C=C/F)c(=O)[nH]c2=O)O[C@H](CO)[C@H]1O. The Bertz CT molecular complexity index is 663. The second kappa shape index (κ2) is 5.53. The van der Waals surface area contributed by atoms with Gasteiger partial charge in [-0.15, -0.1) is 0 Å². The first-order chi connectivity index (χ1) is 9.49. The average molecular weight is 284 g/mol. The second-order valence-corrected chi connectivity index (χ2v) is 4.27. The smallest absolute Gasteiger partial charge is 0.330 e. The van der Waals surface area contributed by atoms with Gasteiger partial charge in [0.25, 0.3) is 5.56 Å². The number of H-pyrrole nitrogens is 1. The van der Waals surface area contributed by atoms with Crippen LogP contribution in [0, 0.1) is 0 Å². The molecule has 0 saturated carbocycles. The van der Waals surface area contributed by atoms with Crippen LogP contribution in [-0.2, 0) is 4.74 Å². The molecule has 1 aromatic rings. The normalized spacial score (nSPS) is 26.6. The van der Waals surface area contributed by atoms with Crippen LogP contribution in [0.1, 0.15) is 11.8 Å². The fraction of sp³-hybridized carbons (Fsp3) is 0.333. The molecule has 1 aliphatic heterocycles. The molecule has 0 bridgehead atoms. The number of rotatable bonds is 3. The Kier molecular flexibility index (Phi) is 3.98. The summed E-state index contributed by atoms with van der Waals surface area (Å²) in [6, 6.07) is 0. The quantitative estimate of drug-likeness (QED) is 0.636. The summed E-state index contributed by atoms with van der Waals surface area (Å²) in [7, 11) is 0. The molecule has 0 aromatic carbocycles. The summed E-state index contributed by atoms with van der Waals surface area (Å²) in [5, 5.41) is 18.8. The lowest BCUT2D eigenvalue weighted by molar-refractivity contribution is -0.0447. The molecule has 8 heteroatoms. The lowest BCUT2D eigenvalue weighted by atomic mass is 10.1. The minimum absolute atomic E-state index is 0.0922. The first kappa shape index (κ1) is 14.4. The summed E-state index contributed by atoms with van der Waals surface area (Å²) >= 11 is 0. The van der Waals surface area contributed by atoms with Crippen molar-refractivity contribution in [1.29, 1.82) is 0 Å². The maximum Gasteiger partial charge on any atom is 0.330 e. The molecule has 1 saturated heterocycles. The van der Waals surface area contributed by atoms with Gasteiger partial charge in [-0.3, -0.25) is 14.3 Å². The largest absolute Gasteiger partial charge is 0.394 e. The van der Waals surface area contributed by atoms with Crippen molar-refractivity contribution in [2.45, 2.75) is 18.4 Å². The summed E-state index contributed by atoms with van der Waals surface area (Å²) in [5.41, 5.74) is -1.47. The number of halogens is 1. The average Bonchev–Trinajstić information content (AvgIpc) is 2.70. The number of ether oxygens (including phenoxy) is 1. The van der Waals surface area contributed by atoms with Gasteiger partial charge in [0.05, 0.1) is 18.5 Å². The van der Waals surface area contributed by atoms with Crippen molar-refractivity contribution in [3.05, 3.63) is 51.1 Å². The number of aromatic amines is 1. The van der Waals surface area contributed by atoms with Crippen LogP contribution in [0.2, 0.25) is 0 Å². The molecule has 3 N–H and O–H groups in total. The Balaban J connectivity index is 2.48. The summed E-state index contributed by atoms with van der Waals surface area (Å²) < 4.78 is 18.4. The van der Waals surface area contributed by atoms with Crippen LogP contribution < -0.4 is 11.2 Å². The molecule has 0 amide bonds. The Morgan fingerprint density at radius 2 is 2.25 bits per heavy atom.